The molecule has 1 aliphatic carbocycles. The van der Waals surface area contributed by atoms with Crippen molar-refractivity contribution in [1.82, 2.24) is 24.3 Å². The average Bonchev–Trinajstić information content (AvgIpc) is 3.02. The van der Waals surface area contributed by atoms with Gasteiger partial charge in [-0.05, 0) is 42.5 Å². The summed E-state index contributed by atoms with van der Waals surface area (Å²) in [5.74, 6) is 2.09. The van der Waals surface area contributed by atoms with Gasteiger partial charge in [0.2, 0.25) is 0 Å². The molecule has 1 aromatic carbocycles. The second-order valence-corrected chi connectivity index (χ2v) is 9.50. The van der Waals surface area contributed by atoms with E-state index in [1.807, 2.05) is 40.8 Å². The molecule has 5 rings (SSSR count). The van der Waals surface area contributed by atoms with E-state index in [0.717, 1.165) is 30.0 Å². The fourth-order valence-corrected chi connectivity index (χ4v) is 5.38. The normalized spacial score (nSPS) is 26.9. The highest BCUT2D eigenvalue weighted by Gasteiger charge is 2.57. The maximum atomic E-state index is 13.2. The summed E-state index contributed by atoms with van der Waals surface area (Å²) in [4.78, 5) is 24.5. The lowest BCUT2D eigenvalue weighted by Crippen LogP contribution is -2.57. The Balaban J connectivity index is 1.26. The third-order valence-electron chi connectivity index (χ3n) is 6.87. The minimum Gasteiger partial charge on any atom is -0.340 e. The monoisotopic (exact) mass is 413 g/mol. The summed E-state index contributed by atoms with van der Waals surface area (Å²) in [7, 11) is 4.08. The van der Waals surface area contributed by atoms with Crippen LogP contribution in [0.1, 0.15) is 16.1 Å². The van der Waals surface area contributed by atoms with E-state index in [4.69, 9.17) is 11.6 Å². The molecule has 3 aliphatic rings. The van der Waals surface area contributed by atoms with E-state index >= 15 is 0 Å². The number of piperidine rings is 1. The van der Waals surface area contributed by atoms with E-state index in [2.05, 4.69) is 21.8 Å². The van der Waals surface area contributed by atoms with Crippen LogP contribution in [0.3, 0.4) is 0 Å². The van der Waals surface area contributed by atoms with Crippen LogP contribution in [0, 0.1) is 17.8 Å². The molecular formula is C22H28ClN5O. The molecular weight excluding hydrogens is 386 g/mol. The van der Waals surface area contributed by atoms with Crippen molar-refractivity contribution in [3.05, 3.63) is 53.1 Å². The van der Waals surface area contributed by atoms with Crippen molar-refractivity contribution in [1.29, 1.82) is 0 Å². The SMILES string of the molecule is CN1CC(N2CC3C(CN(Cc4cccc(Cl)c4)C(=O)c4cn(C)cn4)C3C2)C1. The summed E-state index contributed by atoms with van der Waals surface area (Å²) in [5, 5.41) is 0.706. The second kappa shape index (κ2) is 7.42. The Hall–Kier alpha value is -1.89. The number of fused-ring (bicyclic) bond motifs is 1. The average molecular weight is 414 g/mol. The molecule has 1 saturated carbocycles. The van der Waals surface area contributed by atoms with Crippen molar-refractivity contribution in [2.45, 2.75) is 12.6 Å². The molecule has 2 unspecified atom stereocenters. The topological polar surface area (TPSA) is 44.6 Å². The number of hydrogen-bond donors (Lipinski definition) is 0. The van der Waals surface area contributed by atoms with Crippen molar-refractivity contribution >= 4 is 17.5 Å². The zero-order valence-corrected chi connectivity index (χ0v) is 17.8. The molecule has 2 atom stereocenters. The molecule has 29 heavy (non-hydrogen) atoms. The fourth-order valence-electron chi connectivity index (χ4n) is 5.16. The van der Waals surface area contributed by atoms with Gasteiger partial charge in [-0.3, -0.25) is 9.69 Å². The highest BCUT2D eigenvalue weighted by atomic mass is 35.5. The first-order valence-electron chi connectivity index (χ1n) is 10.4. The summed E-state index contributed by atoms with van der Waals surface area (Å²) in [6.07, 6.45) is 3.49. The van der Waals surface area contributed by atoms with Crippen molar-refractivity contribution in [3.63, 3.8) is 0 Å². The van der Waals surface area contributed by atoms with E-state index in [1.165, 1.54) is 26.2 Å². The Kier molecular flexibility index (Phi) is 4.88. The Bertz CT molecular complexity index is 896. The third kappa shape index (κ3) is 3.81. The minimum absolute atomic E-state index is 0.00743. The van der Waals surface area contributed by atoms with Crippen LogP contribution in [-0.4, -0.2) is 76.0 Å². The van der Waals surface area contributed by atoms with Gasteiger partial charge >= 0.3 is 0 Å². The zero-order valence-electron chi connectivity index (χ0n) is 17.0. The number of benzene rings is 1. The molecule has 1 amide bonds. The molecule has 0 spiro atoms. The van der Waals surface area contributed by atoms with Crippen molar-refractivity contribution < 1.29 is 4.79 Å². The molecule has 1 aromatic heterocycles. The van der Waals surface area contributed by atoms with E-state index < -0.39 is 0 Å². The highest BCUT2D eigenvalue weighted by Crippen LogP contribution is 2.53. The lowest BCUT2D eigenvalue weighted by Gasteiger charge is -2.43. The van der Waals surface area contributed by atoms with Gasteiger partial charge in [0.1, 0.15) is 5.69 Å². The van der Waals surface area contributed by atoms with Gasteiger partial charge in [-0.2, -0.15) is 0 Å². The minimum atomic E-state index is 0.00743. The number of amides is 1. The van der Waals surface area contributed by atoms with E-state index in [1.54, 1.807) is 12.5 Å². The molecule has 2 saturated heterocycles. The molecule has 0 bridgehead atoms. The molecule has 2 aliphatic heterocycles. The van der Waals surface area contributed by atoms with Crippen LogP contribution in [0.25, 0.3) is 0 Å². The number of aryl methyl sites for hydroxylation is 1. The number of likely N-dealkylation sites (tertiary alicyclic amines) is 2. The maximum Gasteiger partial charge on any atom is 0.274 e. The zero-order chi connectivity index (χ0) is 20.1. The van der Waals surface area contributed by atoms with Gasteiger partial charge in [-0.25, -0.2) is 4.98 Å². The number of likely N-dealkylation sites (N-methyl/N-ethyl adjacent to an activating group) is 1. The van der Waals surface area contributed by atoms with Crippen molar-refractivity contribution in [2.24, 2.45) is 24.8 Å². The first-order valence-corrected chi connectivity index (χ1v) is 10.8. The number of hydrogen-bond acceptors (Lipinski definition) is 4. The number of carbonyl (C=O) groups excluding carboxylic acids is 1. The van der Waals surface area contributed by atoms with Gasteiger partial charge in [0.25, 0.3) is 5.91 Å². The maximum absolute atomic E-state index is 13.2. The molecule has 7 heteroatoms. The summed E-state index contributed by atoms with van der Waals surface area (Å²) >= 11 is 6.17. The molecule has 154 valence electrons. The van der Waals surface area contributed by atoms with E-state index in [9.17, 15) is 4.79 Å². The number of halogens is 1. The predicted octanol–water partition coefficient (Wildman–Crippen LogP) is 2.21. The fraction of sp³-hybridized carbons (Fsp3) is 0.545. The van der Waals surface area contributed by atoms with Crippen molar-refractivity contribution in [2.75, 3.05) is 39.8 Å². The van der Waals surface area contributed by atoms with Crippen LogP contribution < -0.4 is 0 Å². The van der Waals surface area contributed by atoms with Crippen LogP contribution in [0.2, 0.25) is 5.02 Å². The smallest absolute Gasteiger partial charge is 0.274 e. The first-order chi connectivity index (χ1) is 14.0. The van der Waals surface area contributed by atoms with E-state index in [0.29, 0.717) is 23.2 Å². The Morgan fingerprint density at radius 2 is 1.97 bits per heavy atom. The molecule has 3 heterocycles. The van der Waals surface area contributed by atoms with Crippen LogP contribution in [-0.2, 0) is 13.6 Å². The van der Waals surface area contributed by atoms with Gasteiger partial charge in [0, 0.05) is 63.6 Å². The number of rotatable bonds is 6. The molecule has 2 aromatic rings. The van der Waals surface area contributed by atoms with Gasteiger partial charge < -0.3 is 14.4 Å². The Labute approximate surface area is 177 Å². The summed E-state index contributed by atoms with van der Waals surface area (Å²) in [5.41, 5.74) is 1.58. The third-order valence-corrected chi connectivity index (χ3v) is 7.10. The van der Waals surface area contributed by atoms with Gasteiger partial charge in [-0.1, -0.05) is 23.7 Å². The van der Waals surface area contributed by atoms with Gasteiger partial charge in [0.15, 0.2) is 0 Å². The van der Waals surface area contributed by atoms with Crippen molar-refractivity contribution in [3.8, 4) is 0 Å². The van der Waals surface area contributed by atoms with Gasteiger partial charge in [-0.15, -0.1) is 0 Å². The second-order valence-electron chi connectivity index (χ2n) is 9.06. The summed E-state index contributed by atoms with van der Waals surface area (Å²) in [6.45, 7) is 6.15. The summed E-state index contributed by atoms with van der Waals surface area (Å²) in [6, 6.07) is 8.54. The largest absolute Gasteiger partial charge is 0.340 e. The van der Waals surface area contributed by atoms with Crippen LogP contribution >= 0.6 is 11.6 Å². The van der Waals surface area contributed by atoms with E-state index in [-0.39, 0.29) is 5.91 Å². The first kappa shape index (κ1) is 19.1. The standard InChI is InChI=1S/C22H28ClN5O/c1-25-8-17(9-25)27-10-18-19(11-27)20(18)12-28(7-15-4-3-5-16(23)6-15)22(29)21-13-26(2)14-24-21/h3-6,13-14,17-20H,7-12H2,1-2H3. The summed E-state index contributed by atoms with van der Waals surface area (Å²) < 4.78 is 1.82. The van der Waals surface area contributed by atoms with Gasteiger partial charge in [0.05, 0.1) is 6.33 Å². The number of aromatic nitrogens is 2. The lowest BCUT2D eigenvalue weighted by atomic mass is 10.1. The quantitative estimate of drug-likeness (QED) is 0.728. The Morgan fingerprint density at radius 3 is 2.59 bits per heavy atom. The number of nitrogens with zero attached hydrogens (tertiary/aromatic N) is 5. The molecule has 6 nitrogen and oxygen atoms in total. The van der Waals surface area contributed by atoms with Crippen LogP contribution in [0.15, 0.2) is 36.8 Å². The molecule has 3 fully saturated rings. The number of imidazole rings is 1. The highest BCUT2D eigenvalue weighted by molar-refractivity contribution is 6.30. The lowest BCUT2D eigenvalue weighted by molar-refractivity contribution is 0.0540. The molecule has 0 N–H and O–H groups in total. The Morgan fingerprint density at radius 1 is 1.21 bits per heavy atom. The van der Waals surface area contributed by atoms with Crippen LogP contribution in [0.4, 0.5) is 0 Å². The predicted molar refractivity (Wildman–Crippen MR) is 113 cm³/mol. The van der Waals surface area contributed by atoms with Crippen LogP contribution in [0.5, 0.6) is 0 Å². The number of carbonyl (C=O) groups is 1. The molecule has 0 radical (unpaired) electrons.